The van der Waals surface area contributed by atoms with E-state index in [9.17, 15) is 4.79 Å². The van der Waals surface area contributed by atoms with Gasteiger partial charge >= 0.3 is 0 Å². The van der Waals surface area contributed by atoms with Gasteiger partial charge in [0.1, 0.15) is 6.29 Å². The minimum atomic E-state index is 0.359. The molecule has 2 rings (SSSR count). The van der Waals surface area contributed by atoms with E-state index in [2.05, 4.69) is 17.6 Å². The molecular formula is C9H8OS. The van der Waals surface area contributed by atoms with E-state index in [4.69, 9.17) is 0 Å². The van der Waals surface area contributed by atoms with Gasteiger partial charge in [-0.05, 0) is 5.41 Å². The van der Waals surface area contributed by atoms with Gasteiger partial charge in [0.05, 0.1) is 0 Å². The van der Waals surface area contributed by atoms with Gasteiger partial charge < -0.3 is 0 Å². The number of hydrogen-bond donors (Lipinski definition) is 0. The van der Waals surface area contributed by atoms with Crippen LogP contribution in [-0.4, -0.2) is 11.5 Å². The lowest BCUT2D eigenvalue weighted by molar-refractivity contribution is -0.105. The Bertz CT molecular complexity index is 263. The molecule has 1 aliphatic carbocycles. The van der Waals surface area contributed by atoms with Crippen molar-refractivity contribution < 1.29 is 4.79 Å². The molecule has 2 unspecified atom stereocenters. The summed E-state index contributed by atoms with van der Waals surface area (Å²) in [5, 5.41) is 2.43. The number of carbonyl (C=O) groups excluding carboxylic acids is 1. The Balaban J connectivity index is 2.30. The first kappa shape index (κ1) is 6.92. The maximum atomic E-state index is 10.6. The van der Waals surface area contributed by atoms with Crippen LogP contribution in [0.25, 0.3) is 0 Å². The molecular weight excluding hydrogens is 156 g/mol. The third kappa shape index (κ3) is 1.07. The predicted octanol–water partition coefficient (Wildman–Crippen LogP) is 1.93. The van der Waals surface area contributed by atoms with E-state index in [1.807, 2.05) is 12.2 Å². The van der Waals surface area contributed by atoms with Crippen LogP contribution in [0.5, 0.6) is 0 Å². The van der Waals surface area contributed by atoms with E-state index >= 15 is 0 Å². The Kier molecular flexibility index (Phi) is 1.70. The molecule has 0 spiro atoms. The van der Waals surface area contributed by atoms with Crippen molar-refractivity contribution >= 4 is 18.0 Å². The standard InChI is InChI=1S/C9H8OS/c10-6-8-3-1-2-7-4-5-11-9(7)8/h1-7,9H. The van der Waals surface area contributed by atoms with Crippen LogP contribution in [0.15, 0.2) is 35.3 Å². The topological polar surface area (TPSA) is 17.1 Å². The molecule has 0 aromatic carbocycles. The summed E-state index contributed by atoms with van der Waals surface area (Å²) in [6.45, 7) is 0. The number of fused-ring (bicyclic) bond motifs is 1. The smallest absolute Gasteiger partial charge is 0.147 e. The van der Waals surface area contributed by atoms with Crippen molar-refractivity contribution in [3.8, 4) is 0 Å². The van der Waals surface area contributed by atoms with Crippen molar-refractivity contribution in [3.05, 3.63) is 35.3 Å². The molecule has 2 atom stereocenters. The molecule has 0 amide bonds. The van der Waals surface area contributed by atoms with E-state index in [0.717, 1.165) is 11.9 Å². The van der Waals surface area contributed by atoms with E-state index < -0.39 is 0 Å². The van der Waals surface area contributed by atoms with E-state index in [-0.39, 0.29) is 0 Å². The Labute approximate surface area is 69.9 Å². The normalized spacial score (nSPS) is 33.3. The zero-order valence-corrected chi connectivity index (χ0v) is 6.75. The molecule has 11 heavy (non-hydrogen) atoms. The van der Waals surface area contributed by atoms with Crippen molar-refractivity contribution in [2.45, 2.75) is 5.25 Å². The second-order valence-electron chi connectivity index (χ2n) is 2.63. The van der Waals surface area contributed by atoms with E-state index in [0.29, 0.717) is 11.2 Å². The summed E-state index contributed by atoms with van der Waals surface area (Å²) in [4.78, 5) is 10.6. The van der Waals surface area contributed by atoms with Crippen molar-refractivity contribution in [2.24, 2.45) is 5.92 Å². The van der Waals surface area contributed by atoms with Gasteiger partial charge in [-0.2, -0.15) is 0 Å². The fraction of sp³-hybridized carbons (Fsp3) is 0.222. The summed E-state index contributed by atoms with van der Waals surface area (Å²) >= 11 is 1.73. The lowest BCUT2D eigenvalue weighted by atomic mass is 9.95. The molecule has 0 saturated carbocycles. The van der Waals surface area contributed by atoms with Crippen LogP contribution in [0.4, 0.5) is 0 Å². The zero-order chi connectivity index (χ0) is 7.68. The Morgan fingerprint density at radius 2 is 2.36 bits per heavy atom. The summed E-state index contributed by atoms with van der Waals surface area (Å²) < 4.78 is 0. The third-order valence-corrected chi connectivity index (χ3v) is 3.16. The third-order valence-electron chi connectivity index (χ3n) is 1.96. The first-order chi connectivity index (χ1) is 5.42. The fourth-order valence-electron chi connectivity index (χ4n) is 1.37. The molecule has 0 aromatic heterocycles. The van der Waals surface area contributed by atoms with E-state index in [1.165, 1.54) is 0 Å². The van der Waals surface area contributed by atoms with Crippen molar-refractivity contribution in [1.29, 1.82) is 0 Å². The monoisotopic (exact) mass is 164 g/mol. The number of allylic oxidation sites excluding steroid dienone is 4. The zero-order valence-electron chi connectivity index (χ0n) is 5.94. The summed E-state index contributed by atoms with van der Waals surface area (Å²) in [6, 6.07) is 0. The van der Waals surface area contributed by atoms with Gasteiger partial charge in [-0.25, -0.2) is 0 Å². The maximum Gasteiger partial charge on any atom is 0.147 e. The highest BCUT2D eigenvalue weighted by Crippen LogP contribution is 2.36. The fourth-order valence-corrected chi connectivity index (χ4v) is 2.47. The number of rotatable bonds is 1. The number of hydrogen-bond acceptors (Lipinski definition) is 2. The van der Waals surface area contributed by atoms with Crippen LogP contribution in [0.2, 0.25) is 0 Å². The van der Waals surface area contributed by atoms with Crippen LogP contribution in [0.1, 0.15) is 0 Å². The number of carbonyl (C=O) groups is 1. The largest absolute Gasteiger partial charge is 0.298 e. The molecule has 1 heterocycles. The quantitative estimate of drug-likeness (QED) is 0.551. The second kappa shape index (κ2) is 2.70. The summed E-state index contributed by atoms with van der Waals surface area (Å²) in [5.41, 5.74) is 0.910. The minimum Gasteiger partial charge on any atom is -0.298 e. The molecule has 2 heteroatoms. The van der Waals surface area contributed by atoms with Crippen molar-refractivity contribution in [3.63, 3.8) is 0 Å². The Morgan fingerprint density at radius 1 is 1.45 bits per heavy atom. The Hall–Kier alpha value is -0.760. The molecule has 2 aliphatic rings. The number of thioether (sulfide) groups is 1. The SMILES string of the molecule is O=CC1=CC=CC2C=CSC12. The van der Waals surface area contributed by atoms with Gasteiger partial charge in [-0.3, -0.25) is 4.79 Å². The molecule has 1 nitrogen and oxygen atoms in total. The highest BCUT2D eigenvalue weighted by Gasteiger charge is 2.26. The van der Waals surface area contributed by atoms with Crippen LogP contribution in [-0.2, 0) is 4.79 Å². The second-order valence-corrected chi connectivity index (χ2v) is 3.68. The van der Waals surface area contributed by atoms with Gasteiger partial charge in [0.25, 0.3) is 0 Å². The van der Waals surface area contributed by atoms with Crippen molar-refractivity contribution in [1.82, 2.24) is 0 Å². The van der Waals surface area contributed by atoms with Gasteiger partial charge in [0, 0.05) is 16.7 Å². The first-order valence-corrected chi connectivity index (χ1v) is 4.52. The van der Waals surface area contributed by atoms with Crippen LogP contribution < -0.4 is 0 Å². The van der Waals surface area contributed by atoms with Crippen LogP contribution in [0, 0.1) is 5.92 Å². The maximum absolute atomic E-state index is 10.6. The van der Waals surface area contributed by atoms with Gasteiger partial charge in [-0.1, -0.05) is 24.3 Å². The molecule has 0 aromatic rings. The summed E-state index contributed by atoms with van der Waals surface area (Å²) in [7, 11) is 0. The predicted molar refractivity (Wildman–Crippen MR) is 47.3 cm³/mol. The van der Waals surface area contributed by atoms with Gasteiger partial charge in [0.2, 0.25) is 0 Å². The lowest BCUT2D eigenvalue weighted by Gasteiger charge is -2.17. The van der Waals surface area contributed by atoms with Gasteiger partial charge in [0.15, 0.2) is 0 Å². The molecule has 0 bridgehead atoms. The molecule has 0 N–H and O–H groups in total. The number of aldehydes is 1. The van der Waals surface area contributed by atoms with Crippen LogP contribution >= 0.6 is 11.8 Å². The summed E-state index contributed by atoms with van der Waals surface area (Å²) in [6.07, 6.45) is 9.09. The highest BCUT2D eigenvalue weighted by atomic mass is 32.2. The summed E-state index contributed by atoms with van der Waals surface area (Å²) in [5.74, 6) is 0.449. The molecule has 1 aliphatic heterocycles. The van der Waals surface area contributed by atoms with Gasteiger partial charge in [-0.15, -0.1) is 11.8 Å². The molecule has 56 valence electrons. The molecule has 0 fully saturated rings. The van der Waals surface area contributed by atoms with E-state index in [1.54, 1.807) is 11.8 Å². The molecule has 0 radical (unpaired) electrons. The first-order valence-electron chi connectivity index (χ1n) is 3.57. The average Bonchev–Trinajstić information content (AvgIpc) is 2.50. The van der Waals surface area contributed by atoms with Crippen LogP contribution in [0.3, 0.4) is 0 Å². The minimum absolute atomic E-state index is 0.359. The highest BCUT2D eigenvalue weighted by molar-refractivity contribution is 8.03. The van der Waals surface area contributed by atoms with Crippen molar-refractivity contribution in [2.75, 3.05) is 0 Å². The lowest BCUT2D eigenvalue weighted by Crippen LogP contribution is -2.15. The Morgan fingerprint density at radius 3 is 3.18 bits per heavy atom. The average molecular weight is 164 g/mol. The molecule has 0 saturated heterocycles.